The normalized spacial score (nSPS) is 13.8. The smallest absolute Gasteiger partial charge is 0.335 e. The molecule has 1 saturated heterocycles. The largest absolute Gasteiger partial charge is 0.478 e. The molecule has 0 amide bonds. The van der Waals surface area contributed by atoms with Crippen molar-refractivity contribution in [1.29, 1.82) is 0 Å². The topological polar surface area (TPSA) is 76.1 Å². The van der Waals surface area contributed by atoms with Crippen molar-refractivity contribution in [1.82, 2.24) is 0 Å². The Morgan fingerprint density at radius 1 is 0.833 bits per heavy atom. The molecule has 1 aliphatic heterocycles. The highest BCUT2D eigenvalue weighted by molar-refractivity contribution is 7.18. The van der Waals surface area contributed by atoms with E-state index in [-0.39, 0.29) is 5.97 Å². The van der Waals surface area contributed by atoms with Crippen LogP contribution in [0.4, 0.5) is 5.69 Å². The molecule has 0 atom stereocenters. The lowest BCUT2D eigenvalue weighted by atomic mass is 10.0. The minimum Gasteiger partial charge on any atom is -0.478 e. The summed E-state index contributed by atoms with van der Waals surface area (Å²) in [5.41, 5.74) is 3.90. The van der Waals surface area contributed by atoms with E-state index in [1.165, 1.54) is 27.1 Å². The maximum absolute atomic E-state index is 11.3. The minimum atomic E-state index is -0.907. The van der Waals surface area contributed by atoms with E-state index in [4.69, 9.17) is 9.47 Å². The molecule has 6 nitrogen and oxygen atoms in total. The van der Waals surface area contributed by atoms with E-state index in [2.05, 4.69) is 60.0 Å². The van der Waals surface area contributed by atoms with Crippen molar-refractivity contribution >= 4 is 39.7 Å². The molecule has 1 N–H and O–H groups in total. The number of carbonyl (C=O) groups excluding carboxylic acids is 1. The summed E-state index contributed by atoms with van der Waals surface area (Å²) in [5, 5.41) is 11.2. The molecule has 2 heterocycles. The Morgan fingerprint density at radius 2 is 1.48 bits per heavy atom. The van der Waals surface area contributed by atoms with Crippen LogP contribution >= 0.6 is 11.3 Å². The van der Waals surface area contributed by atoms with Crippen LogP contribution in [-0.4, -0.2) is 49.5 Å². The first-order valence-corrected chi connectivity index (χ1v) is 15.5. The fraction of sp³-hybridized carbons (Fsp3) is 0.314. The van der Waals surface area contributed by atoms with Crippen molar-refractivity contribution in [3.05, 3.63) is 91.0 Å². The Bertz CT molecular complexity index is 1520. The molecule has 0 bridgehead atoms. The predicted molar refractivity (Wildman–Crippen MR) is 170 cm³/mol. The van der Waals surface area contributed by atoms with Gasteiger partial charge in [0.2, 0.25) is 0 Å². The van der Waals surface area contributed by atoms with Crippen molar-refractivity contribution in [2.24, 2.45) is 0 Å². The molecule has 0 aliphatic carbocycles. The van der Waals surface area contributed by atoms with Gasteiger partial charge in [-0.15, -0.1) is 11.3 Å². The summed E-state index contributed by atoms with van der Waals surface area (Å²) in [7, 11) is 0. The molecule has 3 aromatic carbocycles. The van der Waals surface area contributed by atoms with Crippen molar-refractivity contribution in [3.63, 3.8) is 0 Å². The maximum atomic E-state index is 11.3. The van der Waals surface area contributed by atoms with Gasteiger partial charge in [-0.2, -0.15) is 0 Å². The maximum Gasteiger partial charge on any atom is 0.335 e. The number of nitrogens with zero attached hydrogens (tertiary/aromatic N) is 1. The van der Waals surface area contributed by atoms with E-state index in [1.54, 1.807) is 23.5 Å². The van der Waals surface area contributed by atoms with Crippen molar-refractivity contribution in [2.45, 2.75) is 44.6 Å². The van der Waals surface area contributed by atoms with Gasteiger partial charge in [-0.1, -0.05) is 43.3 Å². The van der Waals surface area contributed by atoms with Gasteiger partial charge < -0.3 is 19.5 Å². The van der Waals surface area contributed by atoms with Crippen LogP contribution < -0.4 is 4.90 Å². The molecule has 0 saturated carbocycles. The van der Waals surface area contributed by atoms with Crippen LogP contribution in [0.5, 0.6) is 0 Å². The molecule has 1 aromatic heterocycles. The van der Waals surface area contributed by atoms with Crippen LogP contribution in [0.2, 0.25) is 0 Å². The number of hydrogen-bond donors (Lipinski definition) is 1. The number of anilines is 1. The zero-order valence-corrected chi connectivity index (χ0v) is 24.6. The van der Waals surface area contributed by atoms with E-state index in [1.807, 2.05) is 12.1 Å². The number of ether oxygens (including phenoxy) is 2. The van der Waals surface area contributed by atoms with Gasteiger partial charge in [0, 0.05) is 41.2 Å². The number of aromatic carboxylic acids is 1. The summed E-state index contributed by atoms with van der Waals surface area (Å²) in [4.78, 5) is 27.2. The van der Waals surface area contributed by atoms with E-state index in [9.17, 15) is 14.7 Å². The van der Waals surface area contributed by atoms with Crippen LogP contribution in [0.25, 0.3) is 31.7 Å². The number of carboxylic acids is 1. The second-order valence-electron chi connectivity index (χ2n) is 10.6. The summed E-state index contributed by atoms with van der Waals surface area (Å²) in [6.45, 7) is 6.65. The second kappa shape index (κ2) is 14.3. The lowest BCUT2D eigenvalue weighted by Gasteiger charge is -2.33. The standard InChI is InChI=1S/C35H37NO5S/c1-2-34(37)41-22-6-4-3-5-21-40-31-17-19-36(20-18-31)30-13-11-25(12-14-30)32-15-16-33(42-32)28-9-7-27-24-29(35(38)39)10-8-26(27)23-28/h2,7-16,23-24,31H,1,3-6,17-22H2,(H,38,39). The molecule has 0 radical (unpaired) electrons. The van der Waals surface area contributed by atoms with Crippen LogP contribution in [0.15, 0.2) is 85.5 Å². The van der Waals surface area contributed by atoms with Gasteiger partial charge in [-0.05, 0) is 96.5 Å². The molecule has 42 heavy (non-hydrogen) atoms. The fourth-order valence-corrected chi connectivity index (χ4v) is 6.34. The molecule has 218 valence electrons. The van der Waals surface area contributed by atoms with Gasteiger partial charge in [0.25, 0.3) is 0 Å². The lowest BCUT2D eigenvalue weighted by Crippen LogP contribution is -2.37. The van der Waals surface area contributed by atoms with Crippen molar-refractivity contribution in [3.8, 4) is 20.9 Å². The molecule has 5 rings (SSSR count). The van der Waals surface area contributed by atoms with E-state index in [0.717, 1.165) is 74.6 Å². The highest BCUT2D eigenvalue weighted by Gasteiger charge is 2.20. The summed E-state index contributed by atoms with van der Waals surface area (Å²) in [6, 6.07) is 24.6. The zero-order chi connectivity index (χ0) is 29.3. The van der Waals surface area contributed by atoms with Crippen LogP contribution in [0, 0.1) is 0 Å². The first-order valence-electron chi connectivity index (χ1n) is 14.6. The number of fused-ring (bicyclic) bond motifs is 1. The number of carboxylic acid groups (broad SMARTS) is 1. The summed E-state index contributed by atoms with van der Waals surface area (Å²) < 4.78 is 11.1. The number of unbranched alkanes of at least 4 members (excludes halogenated alkanes) is 3. The molecule has 4 aromatic rings. The molecule has 0 unspecified atom stereocenters. The van der Waals surface area contributed by atoms with E-state index in [0.29, 0.717) is 18.3 Å². The van der Waals surface area contributed by atoms with Crippen LogP contribution in [0.3, 0.4) is 0 Å². The monoisotopic (exact) mass is 583 g/mol. The molecule has 0 spiro atoms. The van der Waals surface area contributed by atoms with Gasteiger partial charge in [0.05, 0.1) is 18.3 Å². The van der Waals surface area contributed by atoms with Crippen molar-refractivity contribution < 1.29 is 24.2 Å². The van der Waals surface area contributed by atoms with E-state index < -0.39 is 5.97 Å². The molecule has 7 heteroatoms. The van der Waals surface area contributed by atoms with Gasteiger partial charge in [0.15, 0.2) is 0 Å². The number of thiophene rings is 1. The van der Waals surface area contributed by atoms with Crippen molar-refractivity contribution in [2.75, 3.05) is 31.2 Å². The number of benzene rings is 3. The lowest BCUT2D eigenvalue weighted by molar-refractivity contribution is -0.137. The summed E-state index contributed by atoms with van der Waals surface area (Å²) in [5.74, 6) is -1.26. The van der Waals surface area contributed by atoms with E-state index >= 15 is 0 Å². The van der Waals surface area contributed by atoms with Gasteiger partial charge in [-0.25, -0.2) is 9.59 Å². The Morgan fingerprint density at radius 3 is 2.19 bits per heavy atom. The third-order valence-corrected chi connectivity index (χ3v) is 8.92. The van der Waals surface area contributed by atoms with Crippen LogP contribution in [0.1, 0.15) is 48.9 Å². The summed E-state index contributed by atoms with van der Waals surface area (Å²) in [6.07, 6.45) is 7.64. The Kier molecular flexibility index (Phi) is 10.1. The first kappa shape index (κ1) is 29.5. The predicted octanol–water partition coefficient (Wildman–Crippen LogP) is 8.21. The molecule has 1 fully saturated rings. The minimum absolute atomic E-state index is 0.306. The van der Waals surface area contributed by atoms with Crippen LogP contribution in [-0.2, 0) is 14.3 Å². The number of esters is 1. The number of hydrogen-bond acceptors (Lipinski definition) is 6. The highest BCUT2D eigenvalue weighted by atomic mass is 32.1. The quantitative estimate of drug-likeness (QED) is 0.0971. The molecule has 1 aliphatic rings. The molecular weight excluding hydrogens is 546 g/mol. The highest BCUT2D eigenvalue weighted by Crippen LogP contribution is 2.36. The summed E-state index contributed by atoms with van der Waals surface area (Å²) >= 11 is 1.77. The third kappa shape index (κ3) is 7.66. The SMILES string of the molecule is C=CC(=O)OCCCCCCOC1CCN(c2ccc(-c3ccc(-c4ccc5cc(C(=O)O)ccc5c4)s3)cc2)CC1. The average molecular weight is 584 g/mol. The Hall–Kier alpha value is -3.94. The number of piperidine rings is 1. The average Bonchev–Trinajstić information content (AvgIpc) is 3.52. The fourth-order valence-electron chi connectivity index (χ4n) is 5.34. The number of carbonyl (C=O) groups is 2. The second-order valence-corrected chi connectivity index (χ2v) is 11.7. The number of rotatable bonds is 13. The van der Waals surface area contributed by atoms with Gasteiger partial charge in [0.1, 0.15) is 0 Å². The molecular formula is C35H37NO5S. The van der Waals surface area contributed by atoms with Gasteiger partial charge in [-0.3, -0.25) is 0 Å². The Labute approximate surface area is 251 Å². The third-order valence-electron chi connectivity index (χ3n) is 7.74. The Balaban J connectivity index is 1.07. The first-order chi connectivity index (χ1) is 20.5. The zero-order valence-electron chi connectivity index (χ0n) is 23.8. The van der Waals surface area contributed by atoms with Gasteiger partial charge >= 0.3 is 11.9 Å².